The largest absolute Gasteiger partial charge is 0.234 e. The molecule has 3 heterocycles. The minimum Gasteiger partial charge on any atom is -0.212 e. The second-order valence-corrected chi connectivity index (χ2v) is 9.01. The zero-order chi connectivity index (χ0) is 17.4. The summed E-state index contributed by atoms with van der Waals surface area (Å²) < 4.78 is 41.3. The molecule has 10 heteroatoms. The summed E-state index contributed by atoms with van der Waals surface area (Å²) in [6.45, 7) is 0.933. The minimum atomic E-state index is -3.40. The van der Waals surface area contributed by atoms with Crippen molar-refractivity contribution in [2.45, 2.75) is 24.5 Å². The zero-order valence-corrected chi connectivity index (χ0v) is 14.9. The lowest BCUT2D eigenvalue weighted by Gasteiger charge is -2.30. The van der Waals surface area contributed by atoms with E-state index < -0.39 is 10.0 Å². The summed E-state index contributed by atoms with van der Waals surface area (Å²) in [6, 6.07) is 5.59. The second kappa shape index (κ2) is 6.43. The molecule has 1 aromatic carbocycles. The van der Waals surface area contributed by atoms with Crippen LogP contribution in [0.25, 0.3) is 4.96 Å². The van der Waals surface area contributed by atoms with Crippen LogP contribution in [0.4, 0.5) is 4.39 Å². The molecule has 0 atom stereocenters. The molecule has 0 bridgehead atoms. The van der Waals surface area contributed by atoms with Crippen LogP contribution in [0.3, 0.4) is 0 Å². The van der Waals surface area contributed by atoms with Crippen molar-refractivity contribution in [1.29, 1.82) is 0 Å². The van der Waals surface area contributed by atoms with Crippen molar-refractivity contribution < 1.29 is 12.8 Å². The van der Waals surface area contributed by atoms with E-state index >= 15 is 0 Å². The molecular formula is C15H16FN5O2S2. The summed E-state index contributed by atoms with van der Waals surface area (Å²) in [5.74, 6) is -0.231. The number of piperidine rings is 1. The first kappa shape index (κ1) is 16.6. The number of halogens is 1. The molecule has 1 saturated heterocycles. The van der Waals surface area contributed by atoms with E-state index in [4.69, 9.17) is 0 Å². The monoisotopic (exact) mass is 381 g/mol. The van der Waals surface area contributed by atoms with Gasteiger partial charge in [-0.25, -0.2) is 17.1 Å². The van der Waals surface area contributed by atoms with Gasteiger partial charge >= 0.3 is 0 Å². The molecule has 0 N–H and O–H groups in total. The van der Waals surface area contributed by atoms with Crippen molar-refractivity contribution in [2.75, 3.05) is 13.1 Å². The highest BCUT2D eigenvalue weighted by Gasteiger charge is 2.30. The average Bonchev–Trinajstić information content (AvgIpc) is 3.19. The Morgan fingerprint density at radius 1 is 1.20 bits per heavy atom. The molecule has 2 aromatic heterocycles. The number of sulfonamides is 1. The lowest BCUT2D eigenvalue weighted by atomic mass is 9.99. The molecule has 1 aliphatic heterocycles. The van der Waals surface area contributed by atoms with Crippen LogP contribution >= 0.6 is 11.3 Å². The summed E-state index contributed by atoms with van der Waals surface area (Å²) in [4.78, 5) is 0.751. The quantitative estimate of drug-likeness (QED) is 0.691. The van der Waals surface area contributed by atoms with Crippen molar-refractivity contribution in [3.63, 3.8) is 0 Å². The van der Waals surface area contributed by atoms with Crippen molar-refractivity contribution in [1.82, 2.24) is 24.1 Å². The molecule has 0 saturated carbocycles. The van der Waals surface area contributed by atoms with Crippen molar-refractivity contribution in [3.8, 4) is 0 Å². The summed E-state index contributed by atoms with van der Waals surface area (Å²) in [5.41, 5.74) is 0.595. The van der Waals surface area contributed by atoms with Gasteiger partial charge in [0.2, 0.25) is 15.0 Å². The van der Waals surface area contributed by atoms with Crippen LogP contribution in [0.1, 0.15) is 29.3 Å². The zero-order valence-electron chi connectivity index (χ0n) is 13.2. The van der Waals surface area contributed by atoms with E-state index in [-0.39, 0.29) is 17.5 Å². The Kier molecular flexibility index (Phi) is 4.26. The molecule has 7 nitrogen and oxygen atoms in total. The summed E-state index contributed by atoms with van der Waals surface area (Å²) in [7, 11) is -3.40. The maximum atomic E-state index is 13.0. The van der Waals surface area contributed by atoms with Crippen LogP contribution in [0.2, 0.25) is 0 Å². The van der Waals surface area contributed by atoms with Crippen molar-refractivity contribution in [2.24, 2.45) is 0 Å². The number of aromatic nitrogens is 4. The second-order valence-electron chi connectivity index (χ2n) is 6.05. The highest BCUT2D eigenvalue weighted by atomic mass is 32.2. The SMILES string of the molecule is O=S(=O)(Cc1ccc(F)cc1)N1CCC(c2nn3cnnc3s2)CC1. The lowest BCUT2D eigenvalue weighted by molar-refractivity contribution is 0.318. The van der Waals surface area contributed by atoms with E-state index in [0.29, 0.717) is 18.7 Å². The van der Waals surface area contributed by atoms with E-state index in [1.807, 2.05) is 0 Å². The van der Waals surface area contributed by atoms with Gasteiger partial charge < -0.3 is 0 Å². The fraction of sp³-hybridized carbons (Fsp3) is 0.400. The van der Waals surface area contributed by atoms with Gasteiger partial charge in [-0.15, -0.1) is 10.2 Å². The number of nitrogens with zero attached hydrogens (tertiary/aromatic N) is 5. The Bertz CT molecular complexity index is 946. The standard InChI is InChI=1S/C15H16FN5O2S2/c16-13-3-1-11(2-4-13)9-25(22,23)20-7-5-12(6-8-20)14-19-21-10-17-18-15(21)24-14/h1-4,10,12H,5-9H2. The van der Waals surface area contributed by atoms with E-state index in [0.717, 1.165) is 22.8 Å². The fourth-order valence-electron chi connectivity index (χ4n) is 3.00. The van der Waals surface area contributed by atoms with E-state index in [1.54, 1.807) is 10.8 Å². The smallest absolute Gasteiger partial charge is 0.212 e. The predicted octanol–water partition coefficient (Wildman–Crippen LogP) is 2.03. The van der Waals surface area contributed by atoms with Gasteiger partial charge in [0.05, 0.1) is 5.75 Å². The summed E-state index contributed by atoms with van der Waals surface area (Å²) in [6.07, 6.45) is 3.02. The molecular weight excluding hydrogens is 365 g/mol. The van der Waals surface area contributed by atoms with Crippen LogP contribution in [0.5, 0.6) is 0 Å². The minimum absolute atomic E-state index is 0.102. The average molecular weight is 381 g/mol. The first-order chi connectivity index (χ1) is 12.0. The first-order valence-corrected chi connectivity index (χ1v) is 10.3. The molecule has 4 rings (SSSR count). The maximum Gasteiger partial charge on any atom is 0.234 e. The van der Waals surface area contributed by atoms with Crippen LogP contribution in [0.15, 0.2) is 30.6 Å². The van der Waals surface area contributed by atoms with Crippen LogP contribution in [-0.4, -0.2) is 45.6 Å². The van der Waals surface area contributed by atoms with Gasteiger partial charge in [0.1, 0.15) is 17.2 Å². The number of benzene rings is 1. The Morgan fingerprint density at radius 2 is 1.92 bits per heavy atom. The van der Waals surface area contributed by atoms with E-state index in [1.165, 1.54) is 39.9 Å². The molecule has 0 radical (unpaired) electrons. The highest BCUT2D eigenvalue weighted by molar-refractivity contribution is 7.88. The molecule has 0 amide bonds. The van der Waals surface area contributed by atoms with Gasteiger partial charge in [-0.3, -0.25) is 0 Å². The fourth-order valence-corrected chi connectivity index (χ4v) is 5.55. The van der Waals surface area contributed by atoms with Gasteiger partial charge in [0, 0.05) is 19.0 Å². The van der Waals surface area contributed by atoms with Gasteiger partial charge in [-0.1, -0.05) is 23.5 Å². The molecule has 132 valence electrons. The Balaban J connectivity index is 1.41. The number of fused-ring (bicyclic) bond motifs is 1. The highest BCUT2D eigenvalue weighted by Crippen LogP contribution is 2.32. The van der Waals surface area contributed by atoms with Crippen molar-refractivity contribution >= 4 is 26.3 Å². The number of hydrogen-bond donors (Lipinski definition) is 0. The van der Waals surface area contributed by atoms with Gasteiger partial charge in [0.25, 0.3) is 0 Å². The van der Waals surface area contributed by atoms with E-state index in [9.17, 15) is 12.8 Å². The number of rotatable bonds is 4. The Morgan fingerprint density at radius 3 is 2.60 bits per heavy atom. The molecule has 0 unspecified atom stereocenters. The predicted molar refractivity (Wildman–Crippen MR) is 91.2 cm³/mol. The molecule has 1 aliphatic rings. The Hall–Kier alpha value is -1.91. The third-order valence-corrected chi connectivity index (χ3v) is 7.29. The summed E-state index contributed by atoms with van der Waals surface area (Å²) in [5, 5.41) is 13.2. The normalized spacial score (nSPS) is 17.3. The lowest BCUT2D eigenvalue weighted by Crippen LogP contribution is -2.38. The first-order valence-electron chi connectivity index (χ1n) is 7.90. The molecule has 0 aliphatic carbocycles. The Labute approximate surface area is 148 Å². The molecule has 25 heavy (non-hydrogen) atoms. The molecule has 0 spiro atoms. The van der Waals surface area contributed by atoms with Crippen LogP contribution < -0.4 is 0 Å². The molecule has 1 fully saturated rings. The number of hydrogen-bond acceptors (Lipinski definition) is 6. The molecule has 3 aromatic rings. The van der Waals surface area contributed by atoms with Gasteiger partial charge in [-0.05, 0) is 30.5 Å². The third kappa shape index (κ3) is 3.42. The van der Waals surface area contributed by atoms with E-state index in [2.05, 4.69) is 15.3 Å². The van der Waals surface area contributed by atoms with Gasteiger partial charge in [-0.2, -0.15) is 9.61 Å². The van der Waals surface area contributed by atoms with Gasteiger partial charge in [0.15, 0.2) is 0 Å². The van der Waals surface area contributed by atoms with Crippen molar-refractivity contribution in [3.05, 3.63) is 47.0 Å². The summed E-state index contributed by atoms with van der Waals surface area (Å²) >= 11 is 1.50. The van der Waals surface area contributed by atoms with Crippen LogP contribution in [-0.2, 0) is 15.8 Å². The maximum absolute atomic E-state index is 13.0. The third-order valence-electron chi connectivity index (χ3n) is 4.36. The van der Waals surface area contributed by atoms with Crippen LogP contribution in [0, 0.1) is 5.82 Å². The topological polar surface area (TPSA) is 80.5 Å².